The number of amides is 1. The first-order valence-electron chi connectivity index (χ1n) is 7.19. The van der Waals surface area contributed by atoms with Gasteiger partial charge in [0.25, 0.3) is 0 Å². The minimum absolute atomic E-state index is 0.0234. The molecule has 0 saturated carbocycles. The van der Waals surface area contributed by atoms with E-state index in [9.17, 15) is 18.0 Å². The first-order valence-corrected chi connectivity index (χ1v) is 8.18. The summed E-state index contributed by atoms with van der Waals surface area (Å²) in [5, 5.41) is 2.91. The Balaban J connectivity index is 1.66. The zero-order valence-electron chi connectivity index (χ0n) is 12.7. The predicted molar refractivity (Wildman–Crippen MR) is 89.2 cm³/mol. The van der Waals surface area contributed by atoms with Crippen molar-refractivity contribution in [3.05, 3.63) is 72.3 Å². The molecule has 2 aromatic carbocycles. The Morgan fingerprint density at radius 2 is 1.84 bits per heavy atom. The fourth-order valence-electron chi connectivity index (χ4n) is 2.17. The molecule has 0 aliphatic rings. The molecule has 4 nitrogen and oxygen atoms in total. The number of imidazole rings is 1. The number of nitrogens with zero attached hydrogens (tertiary/aromatic N) is 2. The molecular weight excluding hydrogens is 351 g/mol. The van der Waals surface area contributed by atoms with Gasteiger partial charge in [-0.1, -0.05) is 17.8 Å². The lowest BCUT2D eigenvalue weighted by Crippen LogP contribution is -2.14. The van der Waals surface area contributed by atoms with Gasteiger partial charge in [0.15, 0.2) is 5.16 Å². The maximum Gasteiger partial charge on any atom is 0.234 e. The molecule has 0 aliphatic carbocycles. The molecule has 1 amide bonds. The molecule has 0 saturated heterocycles. The predicted octanol–water partition coefficient (Wildman–Crippen LogP) is 4.02. The van der Waals surface area contributed by atoms with E-state index < -0.39 is 17.5 Å². The van der Waals surface area contributed by atoms with Crippen LogP contribution in [0.1, 0.15) is 0 Å². The van der Waals surface area contributed by atoms with Crippen LogP contribution in [0.15, 0.2) is 60.0 Å². The Morgan fingerprint density at radius 1 is 1.08 bits per heavy atom. The van der Waals surface area contributed by atoms with Gasteiger partial charge < -0.3 is 5.32 Å². The van der Waals surface area contributed by atoms with Crippen LogP contribution in [-0.4, -0.2) is 21.2 Å². The topological polar surface area (TPSA) is 46.9 Å². The van der Waals surface area contributed by atoms with Gasteiger partial charge in [-0.25, -0.2) is 18.2 Å². The highest BCUT2D eigenvalue weighted by molar-refractivity contribution is 7.99. The van der Waals surface area contributed by atoms with Crippen LogP contribution in [0.25, 0.3) is 5.69 Å². The van der Waals surface area contributed by atoms with Gasteiger partial charge in [0.2, 0.25) is 5.91 Å². The molecule has 0 spiro atoms. The van der Waals surface area contributed by atoms with Crippen LogP contribution < -0.4 is 5.32 Å². The lowest BCUT2D eigenvalue weighted by molar-refractivity contribution is -0.113. The van der Waals surface area contributed by atoms with Crippen molar-refractivity contribution in [2.75, 3.05) is 11.1 Å². The summed E-state index contributed by atoms with van der Waals surface area (Å²) in [5.41, 5.74) is 0.615. The van der Waals surface area contributed by atoms with E-state index in [4.69, 9.17) is 0 Å². The van der Waals surface area contributed by atoms with Crippen LogP contribution in [0.4, 0.5) is 18.9 Å². The van der Waals surface area contributed by atoms with Crippen LogP contribution in [0, 0.1) is 17.5 Å². The Labute approximate surface area is 145 Å². The molecule has 0 fully saturated rings. The van der Waals surface area contributed by atoms with E-state index in [0.29, 0.717) is 10.8 Å². The first-order chi connectivity index (χ1) is 12.0. The fraction of sp³-hybridized carbons (Fsp3) is 0.0588. The van der Waals surface area contributed by atoms with Crippen molar-refractivity contribution in [1.82, 2.24) is 9.55 Å². The monoisotopic (exact) mass is 363 g/mol. The summed E-state index contributed by atoms with van der Waals surface area (Å²) in [6.45, 7) is 0. The van der Waals surface area contributed by atoms with Crippen molar-refractivity contribution in [1.29, 1.82) is 0 Å². The second kappa shape index (κ2) is 7.43. The SMILES string of the molecule is O=C(CSc1nccn1-c1cccc(F)c1)Nc1cc(F)cc(F)c1. The molecule has 3 rings (SSSR count). The van der Waals surface area contributed by atoms with Crippen LogP contribution in [0.5, 0.6) is 0 Å². The Bertz CT molecular complexity index is 893. The van der Waals surface area contributed by atoms with E-state index in [1.807, 2.05) is 0 Å². The van der Waals surface area contributed by atoms with Crippen molar-refractivity contribution in [3.63, 3.8) is 0 Å². The molecule has 0 bridgehead atoms. The lowest BCUT2D eigenvalue weighted by atomic mass is 10.3. The molecule has 3 aromatic rings. The second-order valence-electron chi connectivity index (χ2n) is 5.05. The van der Waals surface area contributed by atoms with Crippen molar-refractivity contribution >= 4 is 23.4 Å². The molecule has 8 heteroatoms. The minimum Gasteiger partial charge on any atom is -0.325 e. The van der Waals surface area contributed by atoms with Crippen LogP contribution >= 0.6 is 11.8 Å². The van der Waals surface area contributed by atoms with Gasteiger partial charge in [-0.2, -0.15) is 0 Å². The highest BCUT2D eigenvalue weighted by atomic mass is 32.2. The van der Waals surface area contributed by atoms with E-state index in [2.05, 4.69) is 10.3 Å². The van der Waals surface area contributed by atoms with Gasteiger partial charge in [-0.15, -0.1) is 0 Å². The number of thioether (sulfide) groups is 1. The van der Waals surface area contributed by atoms with Crippen molar-refractivity contribution in [2.45, 2.75) is 5.16 Å². The largest absolute Gasteiger partial charge is 0.325 e. The molecule has 0 unspecified atom stereocenters. The molecular formula is C17H12F3N3OS. The number of nitrogens with one attached hydrogen (secondary N) is 1. The van der Waals surface area contributed by atoms with Crippen LogP contribution in [0.2, 0.25) is 0 Å². The third-order valence-corrected chi connectivity index (χ3v) is 4.14. The van der Waals surface area contributed by atoms with E-state index in [1.165, 1.54) is 18.3 Å². The molecule has 128 valence electrons. The summed E-state index contributed by atoms with van der Waals surface area (Å²) >= 11 is 1.12. The van der Waals surface area contributed by atoms with Crippen molar-refractivity contribution in [2.24, 2.45) is 0 Å². The normalized spacial score (nSPS) is 10.7. The summed E-state index contributed by atoms with van der Waals surface area (Å²) in [7, 11) is 0. The zero-order valence-corrected chi connectivity index (χ0v) is 13.6. The minimum atomic E-state index is -0.774. The summed E-state index contributed by atoms with van der Waals surface area (Å²) in [4.78, 5) is 16.1. The number of benzene rings is 2. The van der Waals surface area contributed by atoms with E-state index in [1.54, 1.807) is 22.9 Å². The summed E-state index contributed by atoms with van der Waals surface area (Å²) in [6, 6.07) is 8.74. The van der Waals surface area contributed by atoms with Crippen LogP contribution in [0.3, 0.4) is 0 Å². The van der Waals surface area contributed by atoms with E-state index in [0.717, 1.165) is 30.0 Å². The summed E-state index contributed by atoms with van der Waals surface area (Å²) in [6.07, 6.45) is 3.18. The number of aromatic nitrogens is 2. The highest BCUT2D eigenvalue weighted by Crippen LogP contribution is 2.21. The quantitative estimate of drug-likeness (QED) is 0.697. The molecule has 0 atom stereocenters. The number of anilines is 1. The van der Waals surface area contributed by atoms with Gasteiger partial charge >= 0.3 is 0 Å². The first kappa shape index (κ1) is 17.1. The highest BCUT2D eigenvalue weighted by Gasteiger charge is 2.11. The van der Waals surface area contributed by atoms with Gasteiger partial charge in [-0.05, 0) is 30.3 Å². The molecule has 1 N–H and O–H groups in total. The van der Waals surface area contributed by atoms with Gasteiger partial charge in [0.1, 0.15) is 17.5 Å². The van der Waals surface area contributed by atoms with Crippen LogP contribution in [-0.2, 0) is 4.79 Å². The smallest absolute Gasteiger partial charge is 0.234 e. The van der Waals surface area contributed by atoms with Gasteiger partial charge in [-0.3, -0.25) is 9.36 Å². The average molecular weight is 363 g/mol. The Kier molecular flexibility index (Phi) is 5.08. The third-order valence-electron chi connectivity index (χ3n) is 3.17. The third kappa shape index (κ3) is 4.42. The number of halogens is 3. The summed E-state index contributed by atoms with van der Waals surface area (Å²) < 4.78 is 41.2. The molecule has 1 heterocycles. The molecule has 25 heavy (non-hydrogen) atoms. The lowest BCUT2D eigenvalue weighted by Gasteiger charge is -2.08. The Hall–Kier alpha value is -2.74. The molecule has 1 aromatic heterocycles. The van der Waals surface area contributed by atoms with Gasteiger partial charge in [0.05, 0.1) is 11.4 Å². The average Bonchev–Trinajstić information content (AvgIpc) is 3.00. The van der Waals surface area contributed by atoms with Crippen molar-refractivity contribution < 1.29 is 18.0 Å². The van der Waals surface area contributed by atoms with Crippen molar-refractivity contribution in [3.8, 4) is 5.69 Å². The number of hydrogen-bond donors (Lipinski definition) is 1. The number of rotatable bonds is 5. The second-order valence-corrected chi connectivity index (χ2v) is 6.00. The molecule has 0 aliphatic heterocycles. The number of carbonyl (C=O) groups is 1. The van der Waals surface area contributed by atoms with Gasteiger partial charge in [0, 0.05) is 24.1 Å². The zero-order chi connectivity index (χ0) is 17.8. The Morgan fingerprint density at radius 3 is 2.56 bits per heavy atom. The van der Waals surface area contributed by atoms with E-state index >= 15 is 0 Å². The fourth-order valence-corrected chi connectivity index (χ4v) is 2.95. The number of carbonyl (C=O) groups excluding carboxylic acids is 1. The molecule has 0 radical (unpaired) electrons. The standard InChI is InChI=1S/C17H12F3N3OS/c18-11-2-1-3-15(9-11)23-5-4-21-17(23)25-10-16(24)22-14-7-12(19)6-13(20)8-14/h1-9H,10H2,(H,22,24). The van der Waals surface area contributed by atoms with E-state index in [-0.39, 0.29) is 17.3 Å². The summed E-state index contributed by atoms with van der Waals surface area (Å²) in [5.74, 6) is -2.39. The maximum atomic E-state index is 13.3. The number of hydrogen-bond acceptors (Lipinski definition) is 3. The maximum absolute atomic E-state index is 13.3.